The van der Waals surface area contributed by atoms with Crippen LogP contribution in [-0.2, 0) is 13.0 Å². The summed E-state index contributed by atoms with van der Waals surface area (Å²) >= 11 is 0. The van der Waals surface area contributed by atoms with Crippen LogP contribution in [0.4, 0.5) is 0 Å². The van der Waals surface area contributed by atoms with E-state index in [0.29, 0.717) is 11.1 Å². The van der Waals surface area contributed by atoms with E-state index in [1.165, 1.54) is 63.5 Å². The molecule has 0 aliphatic carbocycles. The quantitative estimate of drug-likeness (QED) is 0.267. The van der Waals surface area contributed by atoms with Gasteiger partial charge >= 0.3 is 0 Å². The van der Waals surface area contributed by atoms with Gasteiger partial charge in [0.05, 0.1) is 17.2 Å². The number of carbonyl (C=O) groups is 1. The van der Waals surface area contributed by atoms with Crippen LogP contribution in [-0.4, -0.2) is 10.5 Å². The molecule has 0 spiro atoms. The van der Waals surface area contributed by atoms with Crippen molar-refractivity contribution >= 4 is 5.91 Å². The van der Waals surface area contributed by atoms with Gasteiger partial charge in [0.15, 0.2) is 0 Å². The van der Waals surface area contributed by atoms with Crippen LogP contribution in [0.5, 0.6) is 0 Å². The van der Waals surface area contributed by atoms with Crippen LogP contribution in [0.2, 0.25) is 0 Å². The van der Waals surface area contributed by atoms with Crippen LogP contribution in [0.15, 0.2) is 24.3 Å². The highest BCUT2D eigenvalue weighted by Crippen LogP contribution is 2.34. The second-order valence-corrected chi connectivity index (χ2v) is 9.27. The van der Waals surface area contributed by atoms with E-state index >= 15 is 0 Å². The number of hydrogen-bond donors (Lipinski definition) is 1. The van der Waals surface area contributed by atoms with Crippen molar-refractivity contribution in [2.24, 2.45) is 5.73 Å². The van der Waals surface area contributed by atoms with Gasteiger partial charge in [-0.05, 0) is 43.9 Å². The number of unbranched alkanes of at least 4 members (excludes halogenated alkanes) is 10. The van der Waals surface area contributed by atoms with Crippen LogP contribution >= 0.6 is 0 Å². The monoisotopic (exact) mass is 449 g/mol. The predicted octanol–water partition coefficient (Wildman–Crippen LogP) is 7.70. The molecule has 180 valence electrons. The Labute approximate surface area is 201 Å². The van der Waals surface area contributed by atoms with Gasteiger partial charge in [0.2, 0.25) is 0 Å². The van der Waals surface area contributed by atoms with E-state index in [1.54, 1.807) is 0 Å². The number of nitrogens with two attached hydrogens (primary N) is 1. The molecule has 4 nitrogen and oxygen atoms in total. The number of benzene rings is 1. The lowest BCUT2D eigenvalue weighted by atomic mass is 9.96. The van der Waals surface area contributed by atoms with Crippen LogP contribution in [0.3, 0.4) is 0 Å². The van der Waals surface area contributed by atoms with E-state index in [4.69, 9.17) is 5.73 Å². The maximum atomic E-state index is 12.5. The van der Waals surface area contributed by atoms with Gasteiger partial charge in [-0.2, -0.15) is 5.26 Å². The highest BCUT2D eigenvalue weighted by Gasteiger charge is 2.24. The number of primary amides is 1. The van der Waals surface area contributed by atoms with Crippen molar-refractivity contribution < 1.29 is 4.79 Å². The third-order valence-electron chi connectivity index (χ3n) is 6.68. The SMILES string of the molecule is CCCCCCCCCCCn1c(C)c(C(N)=O)c(-c2ccc(C#N)cc2)c1CCCCC. The Morgan fingerprint density at radius 1 is 0.879 bits per heavy atom. The average molecular weight is 450 g/mol. The summed E-state index contributed by atoms with van der Waals surface area (Å²) < 4.78 is 2.35. The number of amides is 1. The fourth-order valence-electron chi connectivity index (χ4n) is 4.81. The van der Waals surface area contributed by atoms with Gasteiger partial charge in [0.1, 0.15) is 0 Å². The van der Waals surface area contributed by atoms with Gasteiger partial charge in [-0.3, -0.25) is 4.79 Å². The molecule has 0 unspecified atom stereocenters. The highest BCUT2D eigenvalue weighted by atomic mass is 16.1. The van der Waals surface area contributed by atoms with Crippen LogP contribution in [0.25, 0.3) is 11.1 Å². The fourth-order valence-corrected chi connectivity index (χ4v) is 4.81. The summed E-state index contributed by atoms with van der Waals surface area (Å²) in [5.41, 5.74) is 11.3. The van der Waals surface area contributed by atoms with Crippen molar-refractivity contribution in [3.8, 4) is 17.2 Å². The summed E-state index contributed by atoms with van der Waals surface area (Å²) in [5, 5.41) is 9.17. The van der Waals surface area contributed by atoms with Crippen molar-refractivity contribution in [3.05, 3.63) is 46.8 Å². The lowest BCUT2D eigenvalue weighted by Crippen LogP contribution is -2.13. The van der Waals surface area contributed by atoms with E-state index in [-0.39, 0.29) is 5.91 Å². The van der Waals surface area contributed by atoms with Crippen molar-refractivity contribution in [3.63, 3.8) is 0 Å². The lowest BCUT2D eigenvalue weighted by molar-refractivity contribution is 0.1000. The first-order valence-electron chi connectivity index (χ1n) is 13.1. The third kappa shape index (κ3) is 7.77. The fraction of sp³-hybridized carbons (Fsp3) is 0.586. The maximum Gasteiger partial charge on any atom is 0.251 e. The first kappa shape index (κ1) is 26.7. The number of aromatic nitrogens is 1. The predicted molar refractivity (Wildman–Crippen MR) is 138 cm³/mol. The smallest absolute Gasteiger partial charge is 0.251 e. The molecule has 0 atom stereocenters. The van der Waals surface area contributed by atoms with Crippen molar-refractivity contribution in [1.29, 1.82) is 5.26 Å². The van der Waals surface area contributed by atoms with Gasteiger partial charge in [0, 0.05) is 23.5 Å². The number of hydrogen-bond acceptors (Lipinski definition) is 2. The Bertz CT molecular complexity index is 902. The molecule has 1 amide bonds. The molecule has 2 aromatic rings. The van der Waals surface area contributed by atoms with E-state index in [2.05, 4.69) is 24.5 Å². The van der Waals surface area contributed by atoms with E-state index in [0.717, 1.165) is 49.0 Å². The van der Waals surface area contributed by atoms with E-state index < -0.39 is 0 Å². The zero-order valence-electron chi connectivity index (χ0n) is 21.1. The second-order valence-electron chi connectivity index (χ2n) is 9.27. The van der Waals surface area contributed by atoms with Gasteiger partial charge in [-0.15, -0.1) is 0 Å². The summed E-state index contributed by atoms with van der Waals surface area (Å²) in [6.45, 7) is 7.43. The largest absolute Gasteiger partial charge is 0.366 e. The van der Waals surface area contributed by atoms with Gasteiger partial charge in [-0.1, -0.05) is 90.2 Å². The van der Waals surface area contributed by atoms with Gasteiger partial charge in [-0.25, -0.2) is 0 Å². The molecule has 0 aliphatic rings. The summed E-state index contributed by atoms with van der Waals surface area (Å²) in [6, 6.07) is 9.72. The standard InChI is InChI=1S/C29H43N3O/c1-4-6-8-9-10-11-12-13-15-21-32-23(3)27(29(31)33)28(26(32)16-14-7-5-2)25-19-17-24(22-30)18-20-25/h17-20H,4-16,21H2,1-3H3,(H2,31,33). The summed E-state index contributed by atoms with van der Waals surface area (Å²) in [6.07, 6.45) is 16.0. The number of rotatable bonds is 16. The minimum Gasteiger partial charge on any atom is -0.366 e. The molecule has 0 saturated heterocycles. The number of nitrogens with zero attached hydrogens (tertiary/aromatic N) is 2. The molecule has 0 radical (unpaired) electrons. The van der Waals surface area contributed by atoms with Crippen molar-refractivity contribution in [2.75, 3.05) is 0 Å². The Morgan fingerprint density at radius 2 is 1.42 bits per heavy atom. The van der Waals surface area contributed by atoms with Crippen molar-refractivity contribution in [2.45, 2.75) is 111 Å². The van der Waals surface area contributed by atoms with Gasteiger partial charge in [0.25, 0.3) is 5.91 Å². The zero-order valence-corrected chi connectivity index (χ0v) is 21.1. The molecule has 4 heteroatoms. The summed E-state index contributed by atoms with van der Waals surface area (Å²) in [5.74, 6) is -0.366. The van der Waals surface area contributed by atoms with Crippen molar-refractivity contribution in [1.82, 2.24) is 4.57 Å². The summed E-state index contributed by atoms with van der Waals surface area (Å²) in [4.78, 5) is 12.5. The molecule has 1 heterocycles. The Morgan fingerprint density at radius 3 is 1.97 bits per heavy atom. The van der Waals surface area contributed by atoms with Crippen LogP contribution in [0, 0.1) is 18.3 Å². The lowest BCUT2D eigenvalue weighted by Gasteiger charge is -2.14. The Balaban J connectivity index is 2.20. The molecule has 33 heavy (non-hydrogen) atoms. The maximum absolute atomic E-state index is 12.5. The molecular formula is C29H43N3O. The molecule has 0 aliphatic heterocycles. The topological polar surface area (TPSA) is 71.8 Å². The molecule has 1 aromatic heterocycles. The third-order valence-corrected chi connectivity index (χ3v) is 6.68. The van der Waals surface area contributed by atoms with E-state index in [1.807, 2.05) is 31.2 Å². The molecular weight excluding hydrogens is 406 g/mol. The van der Waals surface area contributed by atoms with E-state index in [9.17, 15) is 10.1 Å². The Kier molecular flexibility index (Phi) is 11.8. The molecule has 1 aromatic carbocycles. The minimum atomic E-state index is -0.366. The first-order valence-corrected chi connectivity index (χ1v) is 13.1. The van der Waals surface area contributed by atoms with Crippen LogP contribution in [0.1, 0.15) is 118 Å². The molecule has 0 bridgehead atoms. The van der Waals surface area contributed by atoms with Gasteiger partial charge < -0.3 is 10.3 Å². The molecule has 2 rings (SSSR count). The molecule has 0 fully saturated rings. The normalized spacial score (nSPS) is 11.0. The zero-order chi connectivity index (χ0) is 24.1. The molecule has 2 N–H and O–H groups in total. The molecule has 0 saturated carbocycles. The van der Waals surface area contributed by atoms with Crippen LogP contribution < -0.4 is 5.73 Å². The summed E-state index contributed by atoms with van der Waals surface area (Å²) in [7, 11) is 0. The highest BCUT2D eigenvalue weighted by molar-refractivity contribution is 6.02. The number of nitriles is 1. The minimum absolute atomic E-state index is 0.366. The second kappa shape index (κ2) is 14.6. The Hall–Kier alpha value is -2.54. The number of carbonyl (C=O) groups excluding carboxylic acids is 1. The first-order chi connectivity index (χ1) is 16.0. The average Bonchev–Trinajstić information content (AvgIpc) is 3.09.